The molecule has 1 aromatic carbocycles. The van der Waals surface area contributed by atoms with Gasteiger partial charge in [-0.1, -0.05) is 17.7 Å². The number of carbonyl (C=O) groups is 1. The predicted molar refractivity (Wildman–Crippen MR) is 142 cm³/mol. The predicted octanol–water partition coefficient (Wildman–Crippen LogP) is 6.65. The van der Waals surface area contributed by atoms with Crippen LogP contribution < -0.4 is 10.7 Å². The number of benzene rings is 1. The lowest BCUT2D eigenvalue weighted by Crippen LogP contribution is -2.25. The highest BCUT2D eigenvalue weighted by Crippen LogP contribution is 2.32. The van der Waals surface area contributed by atoms with Crippen LogP contribution in [0.5, 0.6) is 0 Å². The Bertz CT molecular complexity index is 1510. The molecule has 4 aromatic rings. The van der Waals surface area contributed by atoms with Crippen LogP contribution >= 0.6 is 11.6 Å². The summed E-state index contributed by atoms with van der Waals surface area (Å²) in [5.74, 6) is -0.115. The second kappa shape index (κ2) is 9.74. The van der Waals surface area contributed by atoms with Crippen molar-refractivity contribution in [3.8, 4) is 11.3 Å². The van der Waals surface area contributed by atoms with Crippen molar-refractivity contribution in [3.05, 3.63) is 86.6 Å². The third-order valence-electron chi connectivity index (χ3n) is 5.61. The highest BCUT2D eigenvalue weighted by molar-refractivity contribution is 6.29. The van der Waals surface area contributed by atoms with E-state index in [1.807, 2.05) is 32.0 Å². The van der Waals surface area contributed by atoms with E-state index in [-0.39, 0.29) is 22.3 Å². The van der Waals surface area contributed by atoms with E-state index < -0.39 is 11.6 Å². The number of anilines is 1. The van der Waals surface area contributed by atoms with E-state index in [4.69, 9.17) is 20.8 Å². The minimum atomic E-state index is -0.694. The average molecular weight is 506 g/mol. The zero-order chi connectivity index (χ0) is 26.2. The summed E-state index contributed by atoms with van der Waals surface area (Å²) in [6.45, 7) is 11.0. The molecule has 0 saturated carbocycles. The van der Waals surface area contributed by atoms with Gasteiger partial charge in [-0.2, -0.15) is 0 Å². The Balaban J connectivity index is 1.82. The number of hydrogen-bond acceptors (Lipinski definition) is 7. The SMILES string of the molecule is Cc1cc(C(C)Nc2ccc(Cl)nc2C(=O)OC(C)(C)C)c2oc(-c3cccnc3)c(C)c(=O)c2c1. The molecular formula is C28H28ClN3O4. The monoisotopic (exact) mass is 505 g/mol. The number of aromatic nitrogens is 2. The molecule has 1 atom stereocenters. The first-order valence-corrected chi connectivity index (χ1v) is 12.0. The number of aryl methyl sites for hydroxylation is 1. The van der Waals surface area contributed by atoms with Crippen molar-refractivity contribution in [2.45, 2.75) is 53.2 Å². The summed E-state index contributed by atoms with van der Waals surface area (Å²) in [6.07, 6.45) is 3.33. The van der Waals surface area contributed by atoms with Crippen LogP contribution in [0.1, 0.15) is 60.9 Å². The summed E-state index contributed by atoms with van der Waals surface area (Å²) < 4.78 is 11.9. The van der Waals surface area contributed by atoms with E-state index in [9.17, 15) is 9.59 Å². The van der Waals surface area contributed by atoms with Crippen molar-refractivity contribution in [1.82, 2.24) is 9.97 Å². The van der Waals surface area contributed by atoms with Crippen molar-refractivity contribution in [3.63, 3.8) is 0 Å². The van der Waals surface area contributed by atoms with E-state index in [1.165, 1.54) is 0 Å². The summed E-state index contributed by atoms with van der Waals surface area (Å²) in [4.78, 5) is 34.6. The molecule has 186 valence electrons. The fourth-order valence-corrected chi connectivity index (χ4v) is 4.15. The highest BCUT2D eigenvalue weighted by Gasteiger charge is 2.24. The number of esters is 1. The Labute approximate surface area is 214 Å². The molecular weight excluding hydrogens is 478 g/mol. The van der Waals surface area contributed by atoms with Crippen LogP contribution in [0.4, 0.5) is 5.69 Å². The lowest BCUT2D eigenvalue weighted by atomic mass is 9.99. The van der Waals surface area contributed by atoms with Crippen LogP contribution in [0, 0.1) is 13.8 Å². The molecule has 0 saturated heterocycles. The fraction of sp³-hybridized carbons (Fsp3) is 0.286. The molecule has 1 unspecified atom stereocenters. The van der Waals surface area contributed by atoms with Gasteiger partial charge in [0.2, 0.25) is 0 Å². The van der Waals surface area contributed by atoms with E-state index in [0.717, 1.165) is 16.7 Å². The van der Waals surface area contributed by atoms with Crippen molar-refractivity contribution < 1.29 is 13.9 Å². The lowest BCUT2D eigenvalue weighted by Gasteiger charge is -2.22. The van der Waals surface area contributed by atoms with Gasteiger partial charge in [0, 0.05) is 29.1 Å². The Hall–Kier alpha value is -3.71. The summed E-state index contributed by atoms with van der Waals surface area (Å²) in [5.41, 5.74) is 3.11. The number of nitrogens with one attached hydrogen (secondary N) is 1. The van der Waals surface area contributed by atoms with Gasteiger partial charge in [0.1, 0.15) is 22.1 Å². The number of nitrogens with zero attached hydrogens (tertiary/aromatic N) is 2. The van der Waals surface area contributed by atoms with Crippen molar-refractivity contribution in [1.29, 1.82) is 0 Å². The Kier molecular flexibility index (Phi) is 6.87. The first-order chi connectivity index (χ1) is 16.9. The first kappa shape index (κ1) is 25.4. The van der Waals surface area contributed by atoms with E-state index >= 15 is 0 Å². The number of hydrogen-bond donors (Lipinski definition) is 1. The maximum Gasteiger partial charge on any atom is 0.359 e. The van der Waals surface area contributed by atoms with Gasteiger partial charge < -0.3 is 14.5 Å². The molecule has 8 heteroatoms. The third-order valence-corrected chi connectivity index (χ3v) is 5.82. The molecule has 0 aliphatic rings. The topological polar surface area (TPSA) is 94.3 Å². The molecule has 1 N–H and O–H groups in total. The molecule has 0 aliphatic carbocycles. The number of rotatable bonds is 5. The summed E-state index contributed by atoms with van der Waals surface area (Å²) >= 11 is 6.09. The minimum absolute atomic E-state index is 0.0783. The van der Waals surface area contributed by atoms with Gasteiger partial charge in [0.15, 0.2) is 11.1 Å². The van der Waals surface area contributed by atoms with Gasteiger partial charge in [0.05, 0.1) is 17.1 Å². The van der Waals surface area contributed by atoms with Crippen molar-refractivity contribution >= 4 is 34.2 Å². The van der Waals surface area contributed by atoms with Crippen LogP contribution in [0.2, 0.25) is 5.15 Å². The van der Waals surface area contributed by atoms with Gasteiger partial charge in [-0.05, 0) is 77.4 Å². The maximum atomic E-state index is 13.3. The number of fused-ring (bicyclic) bond motifs is 1. The van der Waals surface area contributed by atoms with Gasteiger partial charge in [-0.15, -0.1) is 0 Å². The van der Waals surface area contributed by atoms with E-state index in [1.54, 1.807) is 58.3 Å². The second-order valence-corrected chi connectivity index (χ2v) is 10.1. The molecule has 0 bridgehead atoms. The third kappa shape index (κ3) is 5.26. The normalized spacial score (nSPS) is 12.4. The molecule has 0 radical (unpaired) electrons. The molecule has 4 rings (SSSR count). The van der Waals surface area contributed by atoms with Gasteiger partial charge in [-0.3, -0.25) is 9.78 Å². The quantitative estimate of drug-likeness (QED) is 0.239. The molecule has 0 amide bonds. The zero-order valence-corrected chi connectivity index (χ0v) is 21.9. The van der Waals surface area contributed by atoms with Gasteiger partial charge in [-0.25, -0.2) is 9.78 Å². The molecule has 3 aromatic heterocycles. The van der Waals surface area contributed by atoms with Gasteiger partial charge in [0.25, 0.3) is 0 Å². The maximum absolute atomic E-state index is 13.3. The first-order valence-electron chi connectivity index (χ1n) is 11.6. The largest absolute Gasteiger partial charge is 0.455 e. The minimum Gasteiger partial charge on any atom is -0.455 e. The number of ether oxygens (including phenoxy) is 1. The zero-order valence-electron chi connectivity index (χ0n) is 21.1. The lowest BCUT2D eigenvalue weighted by molar-refractivity contribution is 0.00640. The molecule has 3 heterocycles. The van der Waals surface area contributed by atoms with Crippen LogP contribution in [-0.4, -0.2) is 21.5 Å². The number of carbonyl (C=O) groups excluding carboxylic acids is 1. The number of halogens is 1. The van der Waals surface area contributed by atoms with E-state index in [0.29, 0.717) is 28.0 Å². The van der Waals surface area contributed by atoms with Crippen LogP contribution in [-0.2, 0) is 4.74 Å². The van der Waals surface area contributed by atoms with Crippen LogP contribution in [0.15, 0.2) is 58.0 Å². The smallest absolute Gasteiger partial charge is 0.359 e. The van der Waals surface area contributed by atoms with E-state index in [2.05, 4.69) is 15.3 Å². The fourth-order valence-electron chi connectivity index (χ4n) is 4.01. The summed E-state index contributed by atoms with van der Waals surface area (Å²) in [5, 5.41) is 4.01. The molecule has 7 nitrogen and oxygen atoms in total. The Morgan fingerprint density at radius 3 is 2.58 bits per heavy atom. The average Bonchev–Trinajstić information content (AvgIpc) is 2.81. The molecule has 0 fully saturated rings. The van der Waals surface area contributed by atoms with Crippen molar-refractivity contribution in [2.75, 3.05) is 5.32 Å². The standard InChI is InChI=1S/C28H28ClN3O4/c1-15-12-19(17(3)31-21-9-10-22(29)32-23(21)27(34)36-28(4,5)6)26-20(13-15)24(33)16(2)25(35-26)18-8-7-11-30-14-18/h7-14,17,31H,1-6H3. The molecule has 0 aliphatic heterocycles. The molecule has 0 spiro atoms. The van der Waals surface area contributed by atoms with Gasteiger partial charge >= 0.3 is 5.97 Å². The molecule has 36 heavy (non-hydrogen) atoms. The Morgan fingerprint density at radius 1 is 1.17 bits per heavy atom. The van der Waals surface area contributed by atoms with Crippen LogP contribution in [0.3, 0.4) is 0 Å². The second-order valence-electron chi connectivity index (χ2n) is 9.76. The summed E-state index contributed by atoms with van der Waals surface area (Å²) in [7, 11) is 0. The van der Waals surface area contributed by atoms with Crippen LogP contribution in [0.25, 0.3) is 22.3 Å². The highest BCUT2D eigenvalue weighted by atomic mass is 35.5. The number of pyridine rings is 2. The summed E-state index contributed by atoms with van der Waals surface area (Å²) in [6, 6.07) is 10.4. The Morgan fingerprint density at radius 2 is 1.92 bits per heavy atom. The van der Waals surface area contributed by atoms with Crippen molar-refractivity contribution in [2.24, 2.45) is 0 Å².